The highest BCUT2D eigenvalue weighted by atomic mass is 32.1. The minimum atomic E-state index is -1.00. The number of rotatable bonds is 19. The van der Waals surface area contributed by atoms with Crippen LogP contribution in [0.25, 0.3) is 21.6 Å². The summed E-state index contributed by atoms with van der Waals surface area (Å²) >= 11 is 1.56. The molecule has 68 heavy (non-hydrogen) atoms. The number of urea groups is 1. The average molecular weight is 959 g/mol. The Labute approximate surface area is 401 Å². The summed E-state index contributed by atoms with van der Waals surface area (Å²) in [6.45, 7) is 9.05. The van der Waals surface area contributed by atoms with Crippen LogP contribution >= 0.6 is 11.3 Å². The maximum Gasteiger partial charge on any atom is 0.317 e. The summed E-state index contributed by atoms with van der Waals surface area (Å²) in [5.41, 5.74) is 7.86. The van der Waals surface area contributed by atoms with E-state index in [0.29, 0.717) is 36.6 Å². The third-order valence-electron chi connectivity index (χ3n) is 12.1. The van der Waals surface area contributed by atoms with Crippen molar-refractivity contribution in [2.24, 2.45) is 12.5 Å². The zero-order valence-electron chi connectivity index (χ0n) is 40.6. The van der Waals surface area contributed by atoms with Gasteiger partial charge in [-0.15, -0.1) is 11.3 Å². The molecule has 2 aliphatic heterocycles. The normalized spacial score (nSPS) is 16.3. The van der Waals surface area contributed by atoms with Crippen molar-refractivity contribution < 1.29 is 43.2 Å². The van der Waals surface area contributed by atoms with Gasteiger partial charge in [-0.25, -0.2) is 9.78 Å². The van der Waals surface area contributed by atoms with E-state index in [1.807, 2.05) is 89.3 Å². The molecule has 368 valence electrons. The molecule has 2 aromatic carbocycles. The van der Waals surface area contributed by atoms with E-state index in [0.717, 1.165) is 44.0 Å². The van der Waals surface area contributed by atoms with Crippen molar-refractivity contribution in [1.29, 1.82) is 0 Å². The third kappa shape index (κ3) is 12.6. The summed E-state index contributed by atoms with van der Waals surface area (Å²) in [6, 6.07) is 9.52. The lowest BCUT2D eigenvalue weighted by Crippen LogP contribution is -2.58. The second-order valence-corrected chi connectivity index (χ2v) is 19.4. The number of ether oxygens (including phenoxy) is 4. The molecule has 1 saturated heterocycles. The number of aliphatic hydroxyl groups excluding tert-OH is 1. The molecule has 0 radical (unpaired) electrons. The van der Waals surface area contributed by atoms with Gasteiger partial charge in [0.1, 0.15) is 30.2 Å². The molecule has 2 aromatic heterocycles. The molecule has 0 spiro atoms. The average Bonchev–Trinajstić information content (AvgIpc) is 3.93. The van der Waals surface area contributed by atoms with E-state index in [1.165, 1.54) is 9.47 Å². The Bertz CT molecular complexity index is 2460. The molecule has 0 saturated carbocycles. The minimum Gasteiger partial charge on any atom is -0.496 e. The zero-order valence-corrected chi connectivity index (χ0v) is 41.4. The van der Waals surface area contributed by atoms with Crippen molar-refractivity contribution in [3.8, 4) is 33.1 Å². The Morgan fingerprint density at radius 2 is 1.66 bits per heavy atom. The van der Waals surface area contributed by atoms with E-state index in [9.17, 15) is 29.1 Å². The van der Waals surface area contributed by atoms with E-state index in [4.69, 9.17) is 18.9 Å². The van der Waals surface area contributed by atoms with Gasteiger partial charge in [0.15, 0.2) is 0 Å². The minimum absolute atomic E-state index is 0.0385. The summed E-state index contributed by atoms with van der Waals surface area (Å²) in [4.78, 5) is 77.5. The Morgan fingerprint density at radius 3 is 2.29 bits per heavy atom. The highest BCUT2D eigenvalue weighted by Crippen LogP contribution is 2.38. The van der Waals surface area contributed by atoms with Gasteiger partial charge in [-0.2, -0.15) is 0 Å². The molecule has 5 amide bonds. The monoisotopic (exact) mass is 958 g/mol. The number of aryl methyl sites for hydroxylation is 2. The van der Waals surface area contributed by atoms with Crippen LogP contribution in [-0.2, 0) is 57.0 Å². The van der Waals surface area contributed by atoms with E-state index in [1.54, 1.807) is 43.0 Å². The van der Waals surface area contributed by atoms with E-state index >= 15 is 0 Å². The van der Waals surface area contributed by atoms with Crippen LogP contribution in [0.5, 0.6) is 11.5 Å². The van der Waals surface area contributed by atoms with Crippen LogP contribution in [-0.4, -0.2) is 146 Å². The van der Waals surface area contributed by atoms with Crippen LogP contribution in [0.2, 0.25) is 0 Å². The van der Waals surface area contributed by atoms with Crippen LogP contribution in [0.1, 0.15) is 55.1 Å². The lowest BCUT2D eigenvalue weighted by molar-refractivity contribution is -0.144. The summed E-state index contributed by atoms with van der Waals surface area (Å²) in [5.74, 6) is -0.0199. The number of nitrogens with zero attached hydrogens (tertiary/aromatic N) is 5. The van der Waals surface area contributed by atoms with E-state index < -0.39 is 35.4 Å². The molecule has 0 unspecified atom stereocenters. The van der Waals surface area contributed by atoms with Crippen LogP contribution in [0.3, 0.4) is 0 Å². The van der Waals surface area contributed by atoms with E-state index in [-0.39, 0.29) is 76.5 Å². The van der Waals surface area contributed by atoms with Gasteiger partial charge in [-0.05, 0) is 67.2 Å². The molecular formula is C49H66N8O10S. The number of hydrogen-bond acceptors (Lipinski definition) is 13. The molecule has 6 rings (SSSR count). The van der Waals surface area contributed by atoms with Gasteiger partial charge in [-0.3, -0.25) is 19.2 Å². The van der Waals surface area contributed by atoms with Crippen molar-refractivity contribution in [2.45, 2.75) is 78.4 Å². The highest BCUT2D eigenvalue weighted by Gasteiger charge is 2.44. The smallest absolute Gasteiger partial charge is 0.317 e. The van der Waals surface area contributed by atoms with Gasteiger partial charge in [0, 0.05) is 63.5 Å². The van der Waals surface area contributed by atoms with Crippen LogP contribution in [0.15, 0.2) is 52.9 Å². The molecule has 4 heterocycles. The number of aliphatic hydroxyl groups is 1. The maximum atomic E-state index is 14.0. The first-order valence-electron chi connectivity index (χ1n) is 22.7. The van der Waals surface area contributed by atoms with Crippen molar-refractivity contribution in [2.75, 3.05) is 74.4 Å². The van der Waals surface area contributed by atoms with Gasteiger partial charge < -0.3 is 59.3 Å². The Hall–Kier alpha value is -5.86. The highest BCUT2D eigenvalue weighted by molar-refractivity contribution is 7.13. The Morgan fingerprint density at radius 1 is 0.971 bits per heavy atom. The number of aromatic nitrogens is 2. The number of methoxy groups -OCH3 is 2. The SMILES string of the molecule is COc1cc(-c2cn(C)c(=O)c3c2CCN(C(=O)NCCOCCOCC(=O)N[C@H](C(=O)N2C[C@H](O)C[C@H]2C(=O)NCc2ccc(-c4scnc4C)cc2)C(C)(C)C)C3)cc(OC)c1CN(C)C. The number of nitrogens with one attached hydrogen (secondary N) is 3. The van der Waals surface area contributed by atoms with E-state index in [2.05, 4.69) is 20.9 Å². The van der Waals surface area contributed by atoms with Gasteiger partial charge in [0.2, 0.25) is 17.7 Å². The molecule has 0 aliphatic carbocycles. The zero-order chi connectivity index (χ0) is 49.3. The predicted octanol–water partition coefficient (Wildman–Crippen LogP) is 3.47. The number of fused-ring (bicyclic) bond motifs is 1. The number of β-amino-alcohol motifs (C(OH)–C–C–N with tert-alkyl or cyclic N) is 1. The first-order chi connectivity index (χ1) is 32.4. The molecule has 2 aliphatic rings. The number of carbonyl (C=O) groups is 4. The number of benzene rings is 2. The second kappa shape index (κ2) is 23.0. The number of thiazole rings is 1. The number of likely N-dealkylation sites (tertiary alicyclic amines) is 1. The van der Waals surface area contributed by atoms with Gasteiger partial charge >= 0.3 is 6.03 Å². The lowest BCUT2D eigenvalue weighted by Gasteiger charge is -2.35. The molecular weight excluding hydrogens is 893 g/mol. The largest absolute Gasteiger partial charge is 0.496 e. The fraction of sp³-hybridized carbons (Fsp3) is 0.510. The van der Waals surface area contributed by atoms with Crippen LogP contribution < -0.4 is 31.0 Å². The number of amides is 5. The summed E-state index contributed by atoms with van der Waals surface area (Å²) in [7, 11) is 8.89. The number of pyridine rings is 1. The van der Waals surface area contributed by atoms with Gasteiger partial charge in [0.25, 0.3) is 5.56 Å². The third-order valence-corrected chi connectivity index (χ3v) is 13.1. The topological polar surface area (TPSA) is 206 Å². The Kier molecular flexibility index (Phi) is 17.4. The molecule has 18 nitrogen and oxygen atoms in total. The van der Waals surface area contributed by atoms with Gasteiger partial charge in [-0.1, -0.05) is 45.0 Å². The molecule has 19 heteroatoms. The lowest BCUT2D eigenvalue weighted by atomic mass is 9.85. The summed E-state index contributed by atoms with van der Waals surface area (Å²) in [6.07, 6.45) is 1.49. The maximum absolute atomic E-state index is 14.0. The van der Waals surface area contributed by atoms with Crippen molar-refractivity contribution in [1.82, 2.24) is 40.2 Å². The fourth-order valence-corrected chi connectivity index (χ4v) is 9.36. The fourth-order valence-electron chi connectivity index (χ4n) is 8.54. The van der Waals surface area contributed by atoms with Crippen molar-refractivity contribution in [3.63, 3.8) is 0 Å². The number of carbonyl (C=O) groups excluding carboxylic acids is 4. The first-order valence-corrected chi connectivity index (χ1v) is 23.6. The quantitative estimate of drug-likeness (QED) is 0.0998. The van der Waals surface area contributed by atoms with Crippen LogP contribution in [0, 0.1) is 12.3 Å². The second-order valence-electron chi connectivity index (χ2n) is 18.5. The van der Waals surface area contributed by atoms with Crippen molar-refractivity contribution >= 4 is 35.1 Å². The van der Waals surface area contributed by atoms with Crippen LogP contribution in [0.4, 0.5) is 4.79 Å². The first kappa shape index (κ1) is 51.5. The molecule has 3 atom stereocenters. The van der Waals surface area contributed by atoms with Gasteiger partial charge in [0.05, 0.1) is 68.3 Å². The van der Waals surface area contributed by atoms with Crippen molar-refractivity contribution in [3.05, 3.63) is 86.4 Å². The predicted molar refractivity (Wildman–Crippen MR) is 258 cm³/mol. The molecule has 0 bridgehead atoms. The summed E-state index contributed by atoms with van der Waals surface area (Å²) < 4.78 is 24.3. The summed E-state index contributed by atoms with van der Waals surface area (Å²) in [5, 5.41) is 19.1. The Balaban J connectivity index is 0.929. The standard InChI is InChI=1S/C49H66N8O10S/c1-30-43(68-29-52-30)32-12-10-31(11-13-32)23-51-45(60)39-22-34(58)24-57(39)47(62)44(49(2,3)4)53-42(59)28-67-19-18-66-17-15-50-48(63)56-16-14-35-36(26-55(7)46(61)37(35)27-56)33-20-40(64-8)38(25-54(5)6)41(21-33)65-9/h10-13,20-21,26,29,34,39,44,58H,14-19,22-25,27-28H2,1-9H3,(H,50,63)(H,51,60)(H,53,59)/t34-,39+,44-/m1/s1. The molecule has 4 N–H and O–H groups in total. The molecule has 1 fully saturated rings. The molecule has 4 aromatic rings. The number of hydrogen-bond donors (Lipinski definition) is 4.